The van der Waals surface area contributed by atoms with Gasteiger partial charge in [0.25, 0.3) is 0 Å². The highest BCUT2D eigenvalue weighted by molar-refractivity contribution is 9.10. The number of benzene rings is 1. The summed E-state index contributed by atoms with van der Waals surface area (Å²) in [7, 11) is 0. The second-order valence-corrected chi connectivity index (χ2v) is 6.33. The zero-order valence-corrected chi connectivity index (χ0v) is 13.0. The van der Waals surface area contributed by atoms with Crippen molar-refractivity contribution >= 4 is 15.9 Å². The maximum Gasteiger partial charge on any atom is 0.240 e. The number of hydrogen-bond acceptors (Lipinski definition) is 4. The Hall–Kier alpha value is -1.20. The van der Waals surface area contributed by atoms with Gasteiger partial charge in [0.05, 0.1) is 6.54 Å². The topological polar surface area (TPSA) is 51.0 Å². The van der Waals surface area contributed by atoms with Crippen LogP contribution >= 0.6 is 15.9 Å². The van der Waals surface area contributed by atoms with Crippen molar-refractivity contribution in [3.05, 3.63) is 46.0 Å². The Labute approximate surface area is 121 Å². The van der Waals surface area contributed by atoms with E-state index in [0.29, 0.717) is 24.7 Å². The summed E-state index contributed by atoms with van der Waals surface area (Å²) >= 11 is 3.52. The molecule has 0 saturated heterocycles. The van der Waals surface area contributed by atoms with Crippen LogP contribution in [0.3, 0.4) is 0 Å². The van der Waals surface area contributed by atoms with Crippen molar-refractivity contribution in [3.8, 4) is 0 Å². The zero-order chi connectivity index (χ0) is 13.9. The van der Waals surface area contributed by atoms with Crippen LogP contribution in [-0.2, 0) is 13.0 Å². The molecular formula is C14H18BrN3O. The highest BCUT2D eigenvalue weighted by Gasteiger charge is 2.13. The minimum atomic E-state index is 0.0388. The zero-order valence-electron chi connectivity index (χ0n) is 11.4. The first kappa shape index (κ1) is 14.2. The molecule has 2 aromatic rings. The lowest BCUT2D eigenvalue weighted by Crippen LogP contribution is -2.35. The lowest BCUT2D eigenvalue weighted by molar-refractivity contribution is 0.334. The van der Waals surface area contributed by atoms with Crippen molar-refractivity contribution in [2.24, 2.45) is 0 Å². The SMILES string of the molecule is CC(C)(C)NCc1nc(Cc2ccccc2Br)no1. The van der Waals surface area contributed by atoms with Gasteiger partial charge in [0.2, 0.25) is 5.89 Å². The molecule has 1 heterocycles. The van der Waals surface area contributed by atoms with Crippen LogP contribution in [0.5, 0.6) is 0 Å². The quantitative estimate of drug-likeness (QED) is 0.937. The van der Waals surface area contributed by atoms with E-state index in [1.807, 2.05) is 24.3 Å². The summed E-state index contributed by atoms with van der Waals surface area (Å²) in [6.45, 7) is 6.90. The number of halogens is 1. The monoisotopic (exact) mass is 323 g/mol. The summed E-state index contributed by atoms with van der Waals surface area (Å²) in [6.07, 6.45) is 0.667. The lowest BCUT2D eigenvalue weighted by atomic mass is 10.1. The van der Waals surface area contributed by atoms with Crippen LogP contribution in [-0.4, -0.2) is 15.7 Å². The molecule has 0 amide bonds. The first-order chi connectivity index (χ1) is 8.94. The minimum absolute atomic E-state index is 0.0388. The van der Waals surface area contributed by atoms with Crippen LogP contribution in [0.2, 0.25) is 0 Å². The van der Waals surface area contributed by atoms with Crippen molar-refractivity contribution in [2.75, 3.05) is 0 Å². The maximum absolute atomic E-state index is 5.23. The van der Waals surface area contributed by atoms with Gasteiger partial charge in [-0.25, -0.2) is 0 Å². The molecule has 0 aliphatic heterocycles. The molecule has 0 fully saturated rings. The van der Waals surface area contributed by atoms with Gasteiger partial charge in [0, 0.05) is 16.4 Å². The average Bonchev–Trinajstić information content (AvgIpc) is 2.77. The normalized spacial score (nSPS) is 11.8. The molecule has 5 heteroatoms. The molecule has 1 aromatic heterocycles. The molecule has 0 spiro atoms. The highest BCUT2D eigenvalue weighted by atomic mass is 79.9. The van der Waals surface area contributed by atoms with Gasteiger partial charge in [-0.2, -0.15) is 4.98 Å². The van der Waals surface area contributed by atoms with Gasteiger partial charge in [-0.05, 0) is 32.4 Å². The number of nitrogens with one attached hydrogen (secondary N) is 1. The third kappa shape index (κ3) is 4.44. The molecule has 0 bridgehead atoms. The van der Waals surface area contributed by atoms with E-state index in [2.05, 4.69) is 52.2 Å². The van der Waals surface area contributed by atoms with E-state index in [0.717, 1.165) is 10.0 Å². The molecule has 1 N–H and O–H groups in total. The van der Waals surface area contributed by atoms with Crippen molar-refractivity contribution in [2.45, 2.75) is 39.3 Å². The predicted molar refractivity (Wildman–Crippen MR) is 77.8 cm³/mol. The van der Waals surface area contributed by atoms with Gasteiger partial charge in [-0.15, -0.1) is 0 Å². The Morgan fingerprint density at radius 2 is 2.00 bits per heavy atom. The summed E-state index contributed by atoms with van der Waals surface area (Å²) in [6, 6.07) is 8.05. The fraction of sp³-hybridized carbons (Fsp3) is 0.429. The number of aromatic nitrogens is 2. The van der Waals surface area contributed by atoms with E-state index >= 15 is 0 Å². The summed E-state index contributed by atoms with van der Waals surface area (Å²) in [5.41, 5.74) is 1.19. The fourth-order valence-electron chi connectivity index (χ4n) is 1.59. The van der Waals surface area contributed by atoms with Crippen molar-refractivity contribution < 1.29 is 4.52 Å². The molecule has 19 heavy (non-hydrogen) atoms. The Balaban J connectivity index is 2.00. The van der Waals surface area contributed by atoms with Crippen LogP contribution in [0.4, 0.5) is 0 Å². The van der Waals surface area contributed by atoms with Crippen molar-refractivity contribution in [1.82, 2.24) is 15.5 Å². The van der Waals surface area contributed by atoms with Gasteiger partial charge >= 0.3 is 0 Å². The Kier molecular flexibility index (Phi) is 4.37. The van der Waals surface area contributed by atoms with Crippen LogP contribution in [0, 0.1) is 0 Å². The molecule has 0 saturated carbocycles. The third-order valence-corrected chi connectivity index (χ3v) is 3.36. The Bertz CT molecular complexity index is 546. The molecule has 2 rings (SSSR count). The smallest absolute Gasteiger partial charge is 0.240 e. The molecule has 0 radical (unpaired) electrons. The molecule has 0 atom stereocenters. The first-order valence-corrected chi connectivity index (χ1v) is 7.03. The molecule has 4 nitrogen and oxygen atoms in total. The molecule has 1 aromatic carbocycles. The molecular weight excluding hydrogens is 306 g/mol. The summed E-state index contributed by atoms with van der Waals surface area (Å²) in [5.74, 6) is 1.33. The predicted octanol–water partition coefficient (Wildman–Crippen LogP) is 3.31. The van der Waals surface area contributed by atoms with Gasteiger partial charge in [-0.1, -0.05) is 39.3 Å². The minimum Gasteiger partial charge on any atom is -0.338 e. The van der Waals surface area contributed by atoms with Gasteiger partial charge in [0.15, 0.2) is 5.82 Å². The summed E-state index contributed by atoms with van der Waals surface area (Å²) in [4.78, 5) is 4.39. The largest absolute Gasteiger partial charge is 0.338 e. The standard InChI is InChI=1S/C14H18BrN3O/c1-14(2,3)16-9-13-17-12(18-19-13)8-10-6-4-5-7-11(10)15/h4-7,16H,8-9H2,1-3H3. The van der Waals surface area contributed by atoms with E-state index in [1.165, 1.54) is 0 Å². The van der Waals surface area contributed by atoms with Crippen LogP contribution in [0.25, 0.3) is 0 Å². The Morgan fingerprint density at radius 1 is 1.26 bits per heavy atom. The molecule has 102 valence electrons. The third-order valence-electron chi connectivity index (χ3n) is 2.59. The highest BCUT2D eigenvalue weighted by Crippen LogP contribution is 2.18. The van der Waals surface area contributed by atoms with Crippen LogP contribution in [0.15, 0.2) is 33.3 Å². The van der Waals surface area contributed by atoms with Gasteiger partial charge in [-0.3, -0.25) is 0 Å². The van der Waals surface area contributed by atoms with E-state index in [1.54, 1.807) is 0 Å². The van der Waals surface area contributed by atoms with Crippen LogP contribution in [0.1, 0.15) is 38.0 Å². The van der Waals surface area contributed by atoms with Gasteiger partial charge < -0.3 is 9.84 Å². The van der Waals surface area contributed by atoms with E-state index in [9.17, 15) is 0 Å². The first-order valence-electron chi connectivity index (χ1n) is 6.24. The fourth-order valence-corrected chi connectivity index (χ4v) is 2.01. The van der Waals surface area contributed by atoms with E-state index < -0.39 is 0 Å². The number of rotatable bonds is 4. The van der Waals surface area contributed by atoms with Crippen molar-refractivity contribution in [1.29, 1.82) is 0 Å². The van der Waals surface area contributed by atoms with Crippen molar-refractivity contribution in [3.63, 3.8) is 0 Å². The van der Waals surface area contributed by atoms with Crippen LogP contribution < -0.4 is 5.32 Å². The molecule has 0 aliphatic carbocycles. The second-order valence-electron chi connectivity index (χ2n) is 5.48. The number of nitrogens with zero attached hydrogens (tertiary/aromatic N) is 2. The average molecular weight is 324 g/mol. The molecule has 0 unspecified atom stereocenters. The second kappa shape index (κ2) is 5.84. The summed E-state index contributed by atoms with van der Waals surface area (Å²) in [5, 5.41) is 7.33. The summed E-state index contributed by atoms with van der Waals surface area (Å²) < 4.78 is 6.30. The maximum atomic E-state index is 5.23. The molecule has 0 aliphatic rings. The lowest BCUT2D eigenvalue weighted by Gasteiger charge is -2.18. The van der Waals surface area contributed by atoms with E-state index in [-0.39, 0.29) is 5.54 Å². The van der Waals surface area contributed by atoms with E-state index in [4.69, 9.17) is 4.52 Å². The van der Waals surface area contributed by atoms with Gasteiger partial charge in [0.1, 0.15) is 0 Å². The Morgan fingerprint density at radius 3 is 2.68 bits per heavy atom. The number of hydrogen-bond donors (Lipinski definition) is 1.